The van der Waals surface area contributed by atoms with Crippen LogP contribution in [0.5, 0.6) is 0 Å². The van der Waals surface area contributed by atoms with Crippen molar-refractivity contribution in [2.75, 3.05) is 32.7 Å². The number of carbonyl (C=O) groups is 1. The molecule has 0 aromatic heterocycles. The van der Waals surface area contributed by atoms with Crippen LogP contribution in [0.15, 0.2) is 12.7 Å². The predicted molar refractivity (Wildman–Crippen MR) is 145 cm³/mol. The lowest BCUT2D eigenvalue weighted by Gasteiger charge is -2.61. The molecule has 4 saturated carbocycles. The number of carbonyl (C=O) groups excluding carboxylic acids is 1. The molecular formula is C32H53N2O2+. The Balaban J connectivity index is 1.30. The van der Waals surface area contributed by atoms with Crippen molar-refractivity contribution in [3.63, 3.8) is 0 Å². The maximum absolute atomic E-state index is 12.5. The number of nitrogens with zero attached hydrogens (tertiary/aromatic N) is 2. The van der Waals surface area contributed by atoms with Gasteiger partial charge in [0.1, 0.15) is 6.04 Å². The molecule has 2 heterocycles. The predicted octanol–water partition coefficient (Wildman–Crippen LogP) is 6.20. The first kappa shape index (κ1) is 25.4. The monoisotopic (exact) mass is 497 g/mol. The van der Waals surface area contributed by atoms with Crippen molar-refractivity contribution in [3.05, 3.63) is 12.7 Å². The number of fused-ring (bicyclic) bond motifs is 5. The van der Waals surface area contributed by atoms with E-state index in [1.807, 2.05) is 0 Å². The molecule has 6 fully saturated rings. The van der Waals surface area contributed by atoms with Gasteiger partial charge in [-0.3, -0.25) is 4.79 Å². The highest BCUT2D eigenvalue weighted by molar-refractivity contribution is 5.66. The average molecular weight is 498 g/mol. The van der Waals surface area contributed by atoms with E-state index in [4.69, 9.17) is 4.74 Å². The second-order valence-corrected chi connectivity index (χ2v) is 14.6. The van der Waals surface area contributed by atoms with Gasteiger partial charge in [0.15, 0.2) is 6.10 Å². The molecule has 0 spiro atoms. The van der Waals surface area contributed by atoms with Crippen molar-refractivity contribution in [1.82, 2.24) is 4.90 Å². The standard InChI is InChI=1S/C32H53N2O2/c1-5-18-34(19-8-9-20-34)29-21-28-26-13-11-24-10-12-25(33-16-6-7-17-33)22-32(24,4)27(26)14-15-31(28,3)30(29)36-23(2)35/h5,24-30H,1,6-22H2,2-4H3/q+1. The van der Waals surface area contributed by atoms with Gasteiger partial charge < -0.3 is 14.1 Å². The number of esters is 1. The Morgan fingerprint density at radius 2 is 1.72 bits per heavy atom. The van der Waals surface area contributed by atoms with Gasteiger partial charge in [0.25, 0.3) is 0 Å². The zero-order valence-electron chi connectivity index (χ0n) is 23.6. The summed E-state index contributed by atoms with van der Waals surface area (Å²) >= 11 is 0. The molecule has 6 rings (SSSR count). The first-order valence-corrected chi connectivity index (χ1v) is 15.7. The van der Waals surface area contributed by atoms with E-state index in [0.717, 1.165) is 34.8 Å². The van der Waals surface area contributed by atoms with Crippen molar-refractivity contribution >= 4 is 5.97 Å². The van der Waals surface area contributed by atoms with Gasteiger partial charge in [-0.1, -0.05) is 20.4 Å². The molecule has 0 bridgehead atoms. The zero-order chi connectivity index (χ0) is 25.1. The van der Waals surface area contributed by atoms with Gasteiger partial charge in [0.05, 0.1) is 19.6 Å². The van der Waals surface area contributed by atoms with E-state index in [0.29, 0.717) is 17.4 Å². The van der Waals surface area contributed by atoms with Crippen LogP contribution in [0, 0.1) is 34.5 Å². The van der Waals surface area contributed by atoms with Crippen molar-refractivity contribution in [2.45, 2.75) is 116 Å². The van der Waals surface area contributed by atoms with Gasteiger partial charge in [0, 0.05) is 37.6 Å². The zero-order valence-corrected chi connectivity index (χ0v) is 23.6. The summed E-state index contributed by atoms with van der Waals surface area (Å²) < 4.78 is 7.51. The van der Waals surface area contributed by atoms with E-state index in [-0.39, 0.29) is 17.5 Å². The van der Waals surface area contributed by atoms with Crippen LogP contribution in [0.3, 0.4) is 0 Å². The van der Waals surface area contributed by atoms with Crippen molar-refractivity contribution in [1.29, 1.82) is 0 Å². The summed E-state index contributed by atoms with van der Waals surface area (Å²) in [6.07, 6.45) is 18.7. The Hall–Kier alpha value is -0.870. The fourth-order valence-corrected chi connectivity index (χ4v) is 11.5. The number of hydrogen-bond acceptors (Lipinski definition) is 3. The lowest BCUT2D eigenvalue weighted by Crippen LogP contribution is -2.59. The van der Waals surface area contributed by atoms with Gasteiger partial charge >= 0.3 is 5.97 Å². The van der Waals surface area contributed by atoms with Crippen molar-refractivity contribution in [2.24, 2.45) is 34.5 Å². The number of quaternary nitrogens is 1. The Bertz CT molecular complexity index is 845. The number of hydrogen-bond donors (Lipinski definition) is 0. The molecule has 4 aliphatic carbocycles. The lowest BCUT2D eigenvalue weighted by atomic mass is 9.45. The molecule has 9 unspecified atom stereocenters. The van der Waals surface area contributed by atoms with Gasteiger partial charge in [-0.15, -0.1) is 0 Å². The smallest absolute Gasteiger partial charge is 0.303 e. The molecule has 0 N–H and O–H groups in total. The van der Waals surface area contributed by atoms with Gasteiger partial charge in [0.2, 0.25) is 0 Å². The fourth-order valence-electron chi connectivity index (χ4n) is 11.5. The molecule has 4 nitrogen and oxygen atoms in total. The molecule has 0 radical (unpaired) electrons. The Labute approximate surface area is 220 Å². The molecule has 0 aromatic carbocycles. The van der Waals surface area contributed by atoms with Gasteiger partial charge in [-0.2, -0.15) is 0 Å². The van der Waals surface area contributed by atoms with E-state index in [2.05, 4.69) is 31.4 Å². The Morgan fingerprint density at radius 3 is 2.42 bits per heavy atom. The van der Waals surface area contributed by atoms with Crippen LogP contribution in [-0.2, 0) is 9.53 Å². The van der Waals surface area contributed by atoms with E-state index in [1.165, 1.54) is 103 Å². The minimum Gasteiger partial charge on any atom is -0.456 e. The SMILES string of the molecule is C=CC[N+]1(C2CC3C4CCC5CCC(N6CCCC6)CC5(C)C4CCC3(C)C2OC(C)=O)CCCC1. The van der Waals surface area contributed by atoms with Crippen LogP contribution in [0.25, 0.3) is 0 Å². The first-order valence-electron chi connectivity index (χ1n) is 15.7. The number of likely N-dealkylation sites (tertiary alicyclic amines) is 2. The summed E-state index contributed by atoms with van der Waals surface area (Å²) in [6.45, 7) is 17.3. The van der Waals surface area contributed by atoms with Crippen LogP contribution >= 0.6 is 0 Å². The molecule has 36 heavy (non-hydrogen) atoms. The topological polar surface area (TPSA) is 29.5 Å². The van der Waals surface area contributed by atoms with E-state index in [1.54, 1.807) is 6.92 Å². The molecular weight excluding hydrogens is 444 g/mol. The van der Waals surface area contributed by atoms with Crippen molar-refractivity contribution in [3.8, 4) is 0 Å². The summed E-state index contributed by atoms with van der Waals surface area (Å²) in [5.74, 6) is 3.25. The molecule has 9 atom stereocenters. The summed E-state index contributed by atoms with van der Waals surface area (Å²) in [6, 6.07) is 1.29. The Kier molecular flexibility index (Phi) is 6.63. The van der Waals surface area contributed by atoms with Gasteiger partial charge in [-0.05, 0) is 106 Å². The van der Waals surface area contributed by atoms with Gasteiger partial charge in [-0.25, -0.2) is 0 Å². The third-order valence-corrected chi connectivity index (χ3v) is 13.1. The quantitative estimate of drug-likeness (QED) is 0.257. The van der Waals surface area contributed by atoms with Crippen molar-refractivity contribution < 1.29 is 14.0 Å². The number of rotatable bonds is 5. The minimum atomic E-state index is -0.0682. The first-order chi connectivity index (χ1) is 17.3. The second kappa shape index (κ2) is 9.40. The molecule has 0 amide bonds. The highest BCUT2D eigenvalue weighted by Crippen LogP contribution is 2.67. The molecule has 4 heteroatoms. The van der Waals surface area contributed by atoms with E-state index in [9.17, 15) is 4.79 Å². The summed E-state index contributed by atoms with van der Waals surface area (Å²) in [7, 11) is 0. The average Bonchev–Trinajstić information content (AvgIpc) is 3.59. The molecule has 202 valence electrons. The van der Waals surface area contributed by atoms with Crippen LogP contribution < -0.4 is 0 Å². The maximum atomic E-state index is 12.5. The summed E-state index contributed by atoms with van der Waals surface area (Å²) in [5, 5.41) is 0. The fraction of sp³-hybridized carbons (Fsp3) is 0.906. The van der Waals surface area contributed by atoms with Crippen LogP contribution in [-0.4, -0.2) is 66.3 Å². The summed E-state index contributed by atoms with van der Waals surface area (Å²) in [5.41, 5.74) is 0.643. The Morgan fingerprint density at radius 1 is 1.00 bits per heavy atom. The third-order valence-electron chi connectivity index (χ3n) is 13.1. The minimum absolute atomic E-state index is 0.0682. The third kappa shape index (κ3) is 3.86. The molecule has 0 aromatic rings. The van der Waals surface area contributed by atoms with Crippen LogP contribution in [0.1, 0.15) is 97.8 Å². The molecule has 2 aliphatic heterocycles. The highest BCUT2D eigenvalue weighted by atomic mass is 16.5. The summed E-state index contributed by atoms with van der Waals surface area (Å²) in [4.78, 5) is 15.3. The second-order valence-electron chi connectivity index (χ2n) is 14.6. The van der Waals surface area contributed by atoms with Crippen LogP contribution in [0.4, 0.5) is 0 Å². The van der Waals surface area contributed by atoms with Crippen LogP contribution in [0.2, 0.25) is 0 Å². The normalized spacial score (nSPS) is 48.1. The lowest BCUT2D eigenvalue weighted by molar-refractivity contribution is -0.937. The van der Waals surface area contributed by atoms with E-state index >= 15 is 0 Å². The number of ether oxygens (including phenoxy) is 1. The molecule has 2 saturated heterocycles. The largest absolute Gasteiger partial charge is 0.456 e. The van der Waals surface area contributed by atoms with E-state index < -0.39 is 0 Å². The molecule has 6 aliphatic rings. The maximum Gasteiger partial charge on any atom is 0.303 e. The highest BCUT2D eigenvalue weighted by Gasteiger charge is 2.67.